The van der Waals surface area contributed by atoms with E-state index in [1.165, 1.54) is 11.3 Å². The van der Waals surface area contributed by atoms with Gasteiger partial charge in [0, 0.05) is 32.2 Å². The normalized spacial score (nSPS) is 19.5. The summed E-state index contributed by atoms with van der Waals surface area (Å²) in [6, 6.07) is 0.416. The van der Waals surface area contributed by atoms with Crippen LogP contribution in [0, 0.1) is 6.92 Å². The van der Waals surface area contributed by atoms with E-state index in [9.17, 15) is 4.79 Å². The van der Waals surface area contributed by atoms with E-state index in [4.69, 9.17) is 0 Å². The molecule has 1 aromatic rings. The third-order valence-electron chi connectivity index (χ3n) is 3.35. The fourth-order valence-corrected chi connectivity index (χ4v) is 3.25. The maximum Gasteiger partial charge on any atom is 0.266 e. The van der Waals surface area contributed by atoms with E-state index in [2.05, 4.69) is 22.5 Å². The van der Waals surface area contributed by atoms with E-state index in [1.54, 1.807) is 0 Å². The van der Waals surface area contributed by atoms with Gasteiger partial charge in [-0.05, 0) is 20.3 Å². The van der Waals surface area contributed by atoms with Crippen molar-refractivity contribution in [2.45, 2.75) is 33.2 Å². The molecule has 2 heterocycles. The average molecular weight is 282 g/mol. The largest absolute Gasteiger partial charge is 0.362 e. The van der Waals surface area contributed by atoms with Gasteiger partial charge in [-0.15, -0.1) is 0 Å². The van der Waals surface area contributed by atoms with Crippen molar-refractivity contribution in [1.82, 2.24) is 15.2 Å². The smallest absolute Gasteiger partial charge is 0.266 e. The fraction of sp³-hybridized carbons (Fsp3) is 0.692. The molecule has 5 nitrogen and oxygen atoms in total. The number of carbonyl (C=O) groups is 1. The molecule has 1 saturated heterocycles. The summed E-state index contributed by atoms with van der Waals surface area (Å²) in [5, 5.41) is 7.44. The Balaban J connectivity index is 2.10. The molecule has 1 fully saturated rings. The van der Waals surface area contributed by atoms with Crippen LogP contribution in [0.15, 0.2) is 0 Å². The van der Waals surface area contributed by atoms with E-state index in [1.807, 2.05) is 18.7 Å². The third kappa shape index (κ3) is 3.25. The van der Waals surface area contributed by atoms with Crippen molar-refractivity contribution in [3.63, 3.8) is 0 Å². The summed E-state index contributed by atoms with van der Waals surface area (Å²) in [4.78, 5) is 19.7. The number of nitrogens with one attached hydrogen (secondary N) is 2. The highest BCUT2D eigenvalue weighted by atomic mass is 32.1. The summed E-state index contributed by atoms with van der Waals surface area (Å²) in [5.41, 5.74) is 0.831. The van der Waals surface area contributed by atoms with Crippen LogP contribution in [0.25, 0.3) is 0 Å². The second-order valence-electron chi connectivity index (χ2n) is 4.77. The van der Waals surface area contributed by atoms with Gasteiger partial charge < -0.3 is 15.5 Å². The summed E-state index contributed by atoms with van der Waals surface area (Å²) < 4.78 is 0. The molecule has 0 radical (unpaired) electrons. The van der Waals surface area contributed by atoms with Crippen molar-refractivity contribution >= 4 is 22.4 Å². The number of piperazine rings is 1. The quantitative estimate of drug-likeness (QED) is 0.882. The molecule has 2 rings (SSSR count). The molecule has 0 unspecified atom stereocenters. The van der Waals surface area contributed by atoms with Crippen LogP contribution < -0.4 is 10.6 Å². The number of anilines is 1. The fourth-order valence-electron chi connectivity index (χ4n) is 2.25. The highest BCUT2D eigenvalue weighted by Crippen LogP contribution is 2.24. The number of aromatic nitrogens is 1. The van der Waals surface area contributed by atoms with Crippen LogP contribution >= 0.6 is 11.3 Å². The molecular weight excluding hydrogens is 260 g/mol. The third-order valence-corrected chi connectivity index (χ3v) is 4.46. The van der Waals surface area contributed by atoms with Gasteiger partial charge >= 0.3 is 0 Å². The molecule has 19 heavy (non-hydrogen) atoms. The van der Waals surface area contributed by atoms with Gasteiger partial charge in [0.15, 0.2) is 5.13 Å². The van der Waals surface area contributed by atoms with E-state index < -0.39 is 0 Å². The second-order valence-corrected chi connectivity index (χ2v) is 5.77. The van der Waals surface area contributed by atoms with E-state index in [0.717, 1.165) is 48.3 Å². The number of carbonyl (C=O) groups excluding carboxylic acids is 1. The maximum atomic E-state index is 12.5. The van der Waals surface area contributed by atoms with Crippen LogP contribution in [0.1, 0.15) is 35.6 Å². The Morgan fingerprint density at radius 3 is 3.05 bits per heavy atom. The molecule has 1 atom stereocenters. The summed E-state index contributed by atoms with van der Waals surface area (Å²) in [5.74, 6) is 0.124. The number of hydrogen-bond donors (Lipinski definition) is 2. The summed E-state index contributed by atoms with van der Waals surface area (Å²) in [6.45, 7) is 9.36. The zero-order chi connectivity index (χ0) is 13.8. The van der Waals surface area contributed by atoms with Crippen LogP contribution in [-0.4, -0.2) is 48.0 Å². The minimum absolute atomic E-state index is 0.124. The second kappa shape index (κ2) is 6.34. The SMILES string of the molecule is CCNc1nc(C)c(C(=O)N2CCN[C@@H](CC)C2)s1. The zero-order valence-corrected chi connectivity index (χ0v) is 12.6. The van der Waals surface area contributed by atoms with Crippen molar-refractivity contribution in [2.75, 3.05) is 31.5 Å². The molecule has 106 valence electrons. The van der Waals surface area contributed by atoms with Gasteiger partial charge in [-0.3, -0.25) is 4.79 Å². The zero-order valence-electron chi connectivity index (χ0n) is 11.8. The van der Waals surface area contributed by atoms with Crippen LogP contribution in [0.2, 0.25) is 0 Å². The van der Waals surface area contributed by atoms with Crippen molar-refractivity contribution in [3.05, 3.63) is 10.6 Å². The lowest BCUT2D eigenvalue weighted by molar-refractivity contribution is 0.0705. The number of thiazole rings is 1. The van der Waals surface area contributed by atoms with Gasteiger partial charge in [-0.25, -0.2) is 4.98 Å². The summed E-state index contributed by atoms with van der Waals surface area (Å²) >= 11 is 1.46. The Morgan fingerprint density at radius 1 is 1.58 bits per heavy atom. The minimum Gasteiger partial charge on any atom is -0.362 e. The first kappa shape index (κ1) is 14.3. The van der Waals surface area contributed by atoms with Crippen molar-refractivity contribution in [2.24, 2.45) is 0 Å². The number of rotatable bonds is 4. The molecular formula is C13H22N4OS. The van der Waals surface area contributed by atoms with Crippen LogP contribution in [-0.2, 0) is 0 Å². The van der Waals surface area contributed by atoms with Crippen LogP contribution in [0.3, 0.4) is 0 Å². The monoisotopic (exact) mass is 282 g/mol. The summed E-state index contributed by atoms with van der Waals surface area (Å²) in [7, 11) is 0. The average Bonchev–Trinajstić information content (AvgIpc) is 2.79. The van der Waals surface area contributed by atoms with E-state index in [0.29, 0.717) is 6.04 Å². The Hall–Kier alpha value is -1.14. The standard InChI is InChI=1S/C13H22N4OS/c1-4-10-8-17(7-6-15-10)12(18)11-9(3)16-13(19-11)14-5-2/h10,15H,4-8H2,1-3H3,(H,14,16)/t10-/m0/s1. The lowest BCUT2D eigenvalue weighted by atomic mass is 10.1. The predicted octanol–water partition coefficient (Wildman–Crippen LogP) is 1.71. The van der Waals surface area contributed by atoms with E-state index in [-0.39, 0.29) is 5.91 Å². The number of aryl methyl sites for hydroxylation is 1. The van der Waals surface area contributed by atoms with Gasteiger partial charge in [0.05, 0.1) is 5.69 Å². The lowest BCUT2D eigenvalue weighted by Crippen LogP contribution is -2.52. The first-order chi connectivity index (χ1) is 9.15. The summed E-state index contributed by atoms with van der Waals surface area (Å²) in [6.07, 6.45) is 1.05. The minimum atomic E-state index is 0.124. The number of amides is 1. The molecule has 1 aliphatic rings. The van der Waals surface area contributed by atoms with Gasteiger partial charge in [0.25, 0.3) is 5.91 Å². The van der Waals surface area contributed by atoms with Gasteiger partial charge in [0.1, 0.15) is 4.88 Å². The van der Waals surface area contributed by atoms with Crippen molar-refractivity contribution in [3.8, 4) is 0 Å². The Kier molecular flexibility index (Phi) is 4.76. The maximum absolute atomic E-state index is 12.5. The topological polar surface area (TPSA) is 57.3 Å². The molecule has 2 N–H and O–H groups in total. The van der Waals surface area contributed by atoms with Crippen molar-refractivity contribution < 1.29 is 4.79 Å². The molecule has 0 aliphatic carbocycles. The predicted molar refractivity (Wildman–Crippen MR) is 79.0 cm³/mol. The first-order valence-electron chi connectivity index (χ1n) is 6.89. The molecule has 1 aromatic heterocycles. The van der Waals surface area contributed by atoms with Gasteiger partial charge in [-0.1, -0.05) is 18.3 Å². The molecule has 0 saturated carbocycles. The van der Waals surface area contributed by atoms with E-state index >= 15 is 0 Å². The number of hydrogen-bond acceptors (Lipinski definition) is 5. The Bertz CT molecular complexity index is 446. The first-order valence-corrected chi connectivity index (χ1v) is 7.71. The Morgan fingerprint density at radius 2 is 2.37 bits per heavy atom. The number of nitrogens with zero attached hydrogens (tertiary/aromatic N) is 2. The molecule has 0 bridgehead atoms. The molecule has 6 heteroatoms. The highest BCUT2D eigenvalue weighted by molar-refractivity contribution is 7.17. The van der Waals surface area contributed by atoms with Gasteiger partial charge in [0.2, 0.25) is 0 Å². The molecule has 0 spiro atoms. The molecule has 1 amide bonds. The molecule has 1 aliphatic heterocycles. The molecule has 0 aromatic carbocycles. The Labute approximate surface area is 118 Å². The van der Waals surface area contributed by atoms with Crippen LogP contribution in [0.5, 0.6) is 0 Å². The van der Waals surface area contributed by atoms with Crippen molar-refractivity contribution in [1.29, 1.82) is 0 Å². The van der Waals surface area contributed by atoms with Gasteiger partial charge in [-0.2, -0.15) is 0 Å². The highest BCUT2D eigenvalue weighted by Gasteiger charge is 2.26. The lowest BCUT2D eigenvalue weighted by Gasteiger charge is -2.33. The van der Waals surface area contributed by atoms with Crippen LogP contribution in [0.4, 0.5) is 5.13 Å².